The molecule has 174 valence electrons. The Bertz CT molecular complexity index is 1060. The number of imide groups is 1. The Kier molecular flexibility index (Phi) is 6.56. The second-order valence-corrected chi connectivity index (χ2v) is 9.53. The third-order valence-electron chi connectivity index (χ3n) is 6.07. The van der Waals surface area contributed by atoms with Crippen LogP contribution in [0.2, 0.25) is 0 Å². The van der Waals surface area contributed by atoms with Gasteiger partial charge in [-0.05, 0) is 67.8 Å². The van der Waals surface area contributed by atoms with Crippen LogP contribution < -0.4 is 9.64 Å². The van der Waals surface area contributed by atoms with Gasteiger partial charge >= 0.3 is 0 Å². The summed E-state index contributed by atoms with van der Waals surface area (Å²) < 4.78 is 5.81. The highest BCUT2D eigenvalue weighted by Gasteiger charge is 2.43. The maximum Gasteiger partial charge on any atom is 0.282 e. The second kappa shape index (κ2) is 9.40. The number of benzene rings is 2. The summed E-state index contributed by atoms with van der Waals surface area (Å²) in [7, 11) is 2.08. The molecule has 0 atom stereocenters. The van der Waals surface area contributed by atoms with Gasteiger partial charge in [0.25, 0.3) is 11.8 Å². The fourth-order valence-corrected chi connectivity index (χ4v) is 4.40. The average molecular weight is 448 g/mol. The molecule has 0 bridgehead atoms. The molecule has 2 aliphatic rings. The normalized spacial score (nSPS) is 17.5. The topological polar surface area (TPSA) is 53.1 Å². The van der Waals surface area contributed by atoms with Gasteiger partial charge < -0.3 is 14.5 Å². The highest BCUT2D eigenvalue weighted by molar-refractivity contribution is 6.45. The van der Waals surface area contributed by atoms with Crippen molar-refractivity contribution in [3.8, 4) is 5.75 Å². The summed E-state index contributed by atoms with van der Waals surface area (Å²) in [5.74, 6) is 0.674. The molecule has 2 amide bonds. The van der Waals surface area contributed by atoms with E-state index in [1.54, 1.807) is 0 Å². The third-order valence-corrected chi connectivity index (χ3v) is 6.07. The lowest BCUT2D eigenvalue weighted by molar-refractivity contribution is -0.120. The van der Waals surface area contributed by atoms with Crippen LogP contribution in [0.1, 0.15) is 30.5 Å². The van der Waals surface area contributed by atoms with Gasteiger partial charge in [-0.25, -0.2) is 4.90 Å². The van der Waals surface area contributed by atoms with E-state index >= 15 is 0 Å². The van der Waals surface area contributed by atoms with Gasteiger partial charge in [-0.1, -0.05) is 32.0 Å². The molecule has 1 saturated heterocycles. The molecule has 0 saturated carbocycles. The largest absolute Gasteiger partial charge is 0.493 e. The minimum absolute atomic E-state index is 0.246. The number of amides is 2. The van der Waals surface area contributed by atoms with Crippen molar-refractivity contribution >= 4 is 23.1 Å². The first-order chi connectivity index (χ1) is 15.7. The fourth-order valence-electron chi connectivity index (χ4n) is 4.40. The number of ether oxygens (including phenoxy) is 1. The molecule has 2 heterocycles. The number of likely N-dealkylation sites (N-methyl/N-ethyl adjacent to an activating group) is 1. The zero-order valence-electron chi connectivity index (χ0n) is 20.2. The minimum Gasteiger partial charge on any atom is -0.493 e. The van der Waals surface area contributed by atoms with Gasteiger partial charge in [0, 0.05) is 26.2 Å². The van der Waals surface area contributed by atoms with Crippen molar-refractivity contribution < 1.29 is 14.3 Å². The maximum absolute atomic E-state index is 13.7. The van der Waals surface area contributed by atoms with E-state index < -0.39 is 0 Å². The predicted molar refractivity (Wildman–Crippen MR) is 131 cm³/mol. The molecule has 2 aromatic rings. The molecular formula is C27H33N3O3. The number of anilines is 1. The smallest absolute Gasteiger partial charge is 0.282 e. The van der Waals surface area contributed by atoms with Crippen LogP contribution >= 0.6 is 0 Å². The maximum atomic E-state index is 13.7. The molecule has 6 nitrogen and oxygen atoms in total. The summed E-state index contributed by atoms with van der Waals surface area (Å²) in [6, 6.07) is 13.4. The Hall–Kier alpha value is -3.12. The van der Waals surface area contributed by atoms with E-state index in [0.717, 1.165) is 35.5 Å². The Morgan fingerprint density at radius 1 is 0.879 bits per heavy atom. The number of nitrogens with zero attached hydrogens (tertiary/aromatic N) is 3. The molecule has 0 unspecified atom stereocenters. The fraction of sp³-hybridized carbons (Fsp3) is 0.407. The van der Waals surface area contributed by atoms with E-state index in [-0.39, 0.29) is 11.8 Å². The minimum atomic E-state index is -0.269. The number of aryl methyl sites for hydroxylation is 2. The quantitative estimate of drug-likeness (QED) is 0.630. The lowest BCUT2D eigenvalue weighted by atomic mass is 10.0. The van der Waals surface area contributed by atoms with E-state index in [2.05, 4.69) is 30.7 Å². The second-order valence-electron chi connectivity index (χ2n) is 9.53. The molecule has 0 aliphatic carbocycles. The van der Waals surface area contributed by atoms with Crippen molar-refractivity contribution in [2.24, 2.45) is 5.92 Å². The van der Waals surface area contributed by atoms with Crippen LogP contribution in [0.3, 0.4) is 0 Å². The van der Waals surface area contributed by atoms with Crippen molar-refractivity contribution in [1.82, 2.24) is 9.80 Å². The van der Waals surface area contributed by atoms with Crippen LogP contribution in [0, 0.1) is 19.8 Å². The van der Waals surface area contributed by atoms with E-state index in [9.17, 15) is 9.59 Å². The van der Waals surface area contributed by atoms with Gasteiger partial charge in [-0.15, -0.1) is 0 Å². The van der Waals surface area contributed by atoms with E-state index in [4.69, 9.17) is 4.74 Å². The van der Waals surface area contributed by atoms with Gasteiger partial charge in [0.05, 0.1) is 17.9 Å². The molecule has 0 N–H and O–H groups in total. The summed E-state index contributed by atoms with van der Waals surface area (Å²) in [4.78, 5) is 33.1. The summed E-state index contributed by atoms with van der Waals surface area (Å²) in [6.45, 7) is 11.9. The Morgan fingerprint density at radius 2 is 1.48 bits per heavy atom. The zero-order chi connectivity index (χ0) is 23.7. The summed E-state index contributed by atoms with van der Waals surface area (Å²) in [5, 5.41) is 0. The number of hydrogen-bond acceptors (Lipinski definition) is 5. The van der Waals surface area contributed by atoms with Crippen LogP contribution in [0.25, 0.3) is 5.57 Å². The standard InChI is InChI=1S/C27H33N3O3/c1-18(2)17-33-23-8-6-21(7-9-23)24-25(29-12-10-28(5)11-13-29)27(32)30(26(24)31)22-15-19(3)14-20(4)16-22/h6-9,14-16,18H,10-13,17H2,1-5H3. The van der Waals surface area contributed by atoms with E-state index in [1.807, 2.05) is 56.3 Å². The van der Waals surface area contributed by atoms with Crippen molar-refractivity contribution in [3.05, 3.63) is 64.9 Å². The first kappa shape index (κ1) is 23.1. The first-order valence-electron chi connectivity index (χ1n) is 11.6. The number of carbonyl (C=O) groups excluding carboxylic acids is 2. The Balaban J connectivity index is 1.74. The van der Waals surface area contributed by atoms with Crippen molar-refractivity contribution in [2.45, 2.75) is 27.7 Å². The first-order valence-corrected chi connectivity index (χ1v) is 11.6. The molecule has 0 spiro atoms. The lowest BCUT2D eigenvalue weighted by Gasteiger charge is -2.34. The lowest BCUT2D eigenvalue weighted by Crippen LogP contribution is -2.46. The molecule has 2 aliphatic heterocycles. The van der Waals surface area contributed by atoms with Crippen molar-refractivity contribution in [2.75, 3.05) is 44.7 Å². The van der Waals surface area contributed by atoms with Crippen LogP contribution in [0.5, 0.6) is 5.75 Å². The molecule has 6 heteroatoms. The summed E-state index contributed by atoms with van der Waals surface area (Å²) in [5.41, 5.74) is 4.38. The molecule has 4 rings (SSSR count). The average Bonchev–Trinajstić information content (AvgIpc) is 3.02. The van der Waals surface area contributed by atoms with Crippen LogP contribution in [0.4, 0.5) is 5.69 Å². The Labute approximate surface area is 196 Å². The highest BCUT2D eigenvalue weighted by atomic mass is 16.5. The molecule has 0 radical (unpaired) electrons. The highest BCUT2D eigenvalue weighted by Crippen LogP contribution is 2.36. The van der Waals surface area contributed by atoms with Crippen LogP contribution in [-0.4, -0.2) is 61.4 Å². The van der Waals surface area contributed by atoms with Crippen molar-refractivity contribution in [3.63, 3.8) is 0 Å². The van der Waals surface area contributed by atoms with Gasteiger partial charge in [0.1, 0.15) is 11.4 Å². The van der Waals surface area contributed by atoms with Crippen LogP contribution in [0.15, 0.2) is 48.2 Å². The molecular weight excluding hydrogens is 414 g/mol. The molecule has 2 aromatic carbocycles. The SMILES string of the molecule is Cc1cc(C)cc(N2C(=O)C(c3ccc(OCC(C)C)cc3)=C(N3CCN(C)CC3)C2=O)c1. The van der Waals surface area contributed by atoms with Gasteiger partial charge in [0.15, 0.2) is 0 Å². The van der Waals surface area contributed by atoms with Crippen molar-refractivity contribution in [1.29, 1.82) is 0 Å². The number of piperazine rings is 1. The predicted octanol–water partition coefficient (Wildman–Crippen LogP) is 3.87. The number of rotatable bonds is 6. The Morgan fingerprint density at radius 3 is 2.06 bits per heavy atom. The third kappa shape index (κ3) is 4.81. The molecule has 0 aromatic heterocycles. The summed E-state index contributed by atoms with van der Waals surface area (Å²) in [6.07, 6.45) is 0. The van der Waals surface area contributed by atoms with Gasteiger partial charge in [-0.3, -0.25) is 9.59 Å². The molecule has 33 heavy (non-hydrogen) atoms. The van der Waals surface area contributed by atoms with E-state index in [1.165, 1.54) is 4.90 Å². The zero-order valence-corrected chi connectivity index (χ0v) is 20.2. The van der Waals surface area contributed by atoms with Gasteiger partial charge in [0.2, 0.25) is 0 Å². The number of hydrogen-bond donors (Lipinski definition) is 0. The number of carbonyl (C=O) groups is 2. The van der Waals surface area contributed by atoms with Crippen LogP contribution in [-0.2, 0) is 9.59 Å². The molecule has 1 fully saturated rings. The van der Waals surface area contributed by atoms with Gasteiger partial charge in [-0.2, -0.15) is 0 Å². The van der Waals surface area contributed by atoms with E-state index in [0.29, 0.717) is 42.6 Å². The monoisotopic (exact) mass is 447 g/mol. The summed E-state index contributed by atoms with van der Waals surface area (Å²) >= 11 is 0.